The van der Waals surface area contributed by atoms with Gasteiger partial charge in [-0.15, -0.1) is 11.3 Å². The summed E-state index contributed by atoms with van der Waals surface area (Å²) in [7, 11) is 1.67. The topological polar surface area (TPSA) is 51.7 Å². The first kappa shape index (κ1) is 21.0. The fraction of sp³-hybridized carbons (Fsp3) is 0.304. The summed E-state index contributed by atoms with van der Waals surface area (Å²) in [6, 6.07) is 17.3. The Kier molecular flexibility index (Phi) is 7.78. The van der Waals surface area contributed by atoms with Gasteiger partial charge in [0.25, 0.3) is 5.91 Å². The van der Waals surface area contributed by atoms with Crippen LogP contribution < -0.4 is 4.74 Å². The summed E-state index contributed by atoms with van der Waals surface area (Å²) in [4.78, 5) is 19.4. The Hall–Kier alpha value is -2.70. The normalized spacial score (nSPS) is 10.7. The van der Waals surface area contributed by atoms with Crippen LogP contribution in [0.4, 0.5) is 0 Å². The van der Waals surface area contributed by atoms with Crippen molar-refractivity contribution in [1.29, 1.82) is 0 Å². The molecule has 0 aliphatic rings. The van der Waals surface area contributed by atoms with Gasteiger partial charge in [-0.3, -0.25) is 4.79 Å². The molecular formula is C23H26N2O3S. The first-order chi connectivity index (χ1) is 14.2. The smallest absolute Gasteiger partial charge is 0.254 e. The molecule has 0 spiro atoms. The van der Waals surface area contributed by atoms with Crippen LogP contribution in [0.25, 0.3) is 0 Å². The number of carbonyl (C=O) groups excluding carboxylic acids is 1. The van der Waals surface area contributed by atoms with Gasteiger partial charge in [-0.2, -0.15) is 0 Å². The summed E-state index contributed by atoms with van der Waals surface area (Å²) in [5.74, 6) is 0.872. The van der Waals surface area contributed by atoms with Gasteiger partial charge in [0.05, 0.1) is 12.2 Å². The summed E-state index contributed by atoms with van der Waals surface area (Å²) < 4.78 is 11.0. The van der Waals surface area contributed by atoms with E-state index in [1.54, 1.807) is 18.4 Å². The van der Waals surface area contributed by atoms with Crippen LogP contribution in [-0.4, -0.2) is 36.1 Å². The number of carbonyl (C=O) groups is 1. The van der Waals surface area contributed by atoms with Crippen molar-refractivity contribution in [3.63, 3.8) is 0 Å². The summed E-state index contributed by atoms with van der Waals surface area (Å²) >= 11 is 1.55. The molecule has 0 saturated carbocycles. The number of aromatic nitrogens is 1. The third kappa shape index (κ3) is 6.14. The molecular weight excluding hydrogens is 384 g/mol. The molecule has 0 unspecified atom stereocenters. The molecule has 3 aromatic rings. The van der Waals surface area contributed by atoms with E-state index in [-0.39, 0.29) is 5.91 Å². The van der Waals surface area contributed by atoms with E-state index in [4.69, 9.17) is 9.47 Å². The quantitative estimate of drug-likeness (QED) is 0.454. The second-order valence-corrected chi connectivity index (χ2v) is 7.67. The van der Waals surface area contributed by atoms with Gasteiger partial charge in [0, 0.05) is 31.2 Å². The molecule has 6 heteroatoms. The van der Waals surface area contributed by atoms with E-state index in [0.717, 1.165) is 28.4 Å². The molecule has 0 saturated heterocycles. The van der Waals surface area contributed by atoms with E-state index in [1.165, 1.54) is 0 Å². The summed E-state index contributed by atoms with van der Waals surface area (Å²) in [6.07, 6.45) is 0.780. The van der Waals surface area contributed by atoms with Crippen LogP contribution in [0.5, 0.6) is 5.75 Å². The predicted octanol–water partition coefficient (Wildman–Crippen LogP) is 4.71. The van der Waals surface area contributed by atoms with Crippen molar-refractivity contribution in [2.24, 2.45) is 0 Å². The SMILES string of the molecule is COCCCN(Cc1csc(COc2ccccc2C)n1)C(=O)c1ccccc1. The van der Waals surface area contributed by atoms with Crippen LogP contribution in [0.3, 0.4) is 0 Å². The zero-order valence-corrected chi connectivity index (χ0v) is 17.7. The third-order valence-electron chi connectivity index (χ3n) is 4.48. The summed E-state index contributed by atoms with van der Waals surface area (Å²) in [5.41, 5.74) is 2.66. The number of benzene rings is 2. The van der Waals surface area contributed by atoms with Crippen molar-refractivity contribution in [3.05, 3.63) is 81.8 Å². The van der Waals surface area contributed by atoms with E-state index in [1.807, 2.05) is 71.8 Å². The Labute approximate surface area is 175 Å². The number of methoxy groups -OCH3 is 1. The largest absolute Gasteiger partial charge is 0.486 e. The highest BCUT2D eigenvalue weighted by molar-refractivity contribution is 7.09. The minimum Gasteiger partial charge on any atom is -0.486 e. The van der Waals surface area contributed by atoms with Crippen molar-refractivity contribution in [3.8, 4) is 5.75 Å². The van der Waals surface area contributed by atoms with Gasteiger partial charge >= 0.3 is 0 Å². The van der Waals surface area contributed by atoms with Crippen LogP contribution in [0.1, 0.15) is 33.0 Å². The van der Waals surface area contributed by atoms with Crippen molar-refractivity contribution < 1.29 is 14.3 Å². The highest BCUT2D eigenvalue weighted by Gasteiger charge is 2.17. The zero-order chi connectivity index (χ0) is 20.5. The molecule has 1 amide bonds. The van der Waals surface area contributed by atoms with Crippen LogP contribution in [0.15, 0.2) is 60.0 Å². The van der Waals surface area contributed by atoms with E-state index >= 15 is 0 Å². The molecule has 0 bridgehead atoms. The van der Waals surface area contributed by atoms with Crippen molar-refractivity contribution in [2.75, 3.05) is 20.3 Å². The number of aryl methyl sites for hydroxylation is 1. The van der Waals surface area contributed by atoms with Crippen molar-refractivity contribution in [2.45, 2.75) is 26.5 Å². The van der Waals surface area contributed by atoms with Gasteiger partial charge in [0.1, 0.15) is 17.4 Å². The van der Waals surface area contributed by atoms with Gasteiger partial charge in [-0.05, 0) is 37.1 Å². The molecule has 0 aliphatic carbocycles. The Morgan fingerprint density at radius 3 is 2.62 bits per heavy atom. The number of para-hydroxylation sites is 1. The molecule has 0 N–H and O–H groups in total. The summed E-state index contributed by atoms with van der Waals surface area (Å²) in [6.45, 7) is 4.15. The third-order valence-corrected chi connectivity index (χ3v) is 5.35. The van der Waals surface area contributed by atoms with E-state index in [2.05, 4.69) is 4.98 Å². The first-order valence-corrected chi connectivity index (χ1v) is 10.5. The molecule has 3 rings (SSSR count). The van der Waals surface area contributed by atoms with E-state index in [9.17, 15) is 4.79 Å². The number of hydrogen-bond acceptors (Lipinski definition) is 5. The summed E-state index contributed by atoms with van der Waals surface area (Å²) in [5, 5.41) is 2.89. The second kappa shape index (κ2) is 10.7. The molecule has 1 aromatic heterocycles. The maximum atomic E-state index is 12.9. The Morgan fingerprint density at radius 2 is 1.86 bits per heavy atom. The van der Waals surface area contributed by atoms with E-state index in [0.29, 0.717) is 31.9 Å². The van der Waals surface area contributed by atoms with Crippen LogP contribution in [-0.2, 0) is 17.9 Å². The molecule has 0 aliphatic heterocycles. The van der Waals surface area contributed by atoms with Gasteiger partial charge in [-0.1, -0.05) is 36.4 Å². The molecule has 2 aromatic carbocycles. The van der Waals surface area contributed by atoms with E-state index < -0.39 is 0 Å². The first-order valence-electron chi connectivity index (χ1n) is 9.62. The number of ether oxygens (including phenoxy) is 2. The predicted molar refractivity (Wildman–Crippen MR) is 115 cm³/mol. The maximum Gasteiger partial charge on any atom is 0.254 e. The van der Waals surface area contributed by atoms with Crippen LogP contribution in [0, 0.1) is 6.92 Å². The number of thiazole rings is 1. The monoisotopic (exact) mass is 410 g/mol. The number of nitrogens with zero attached hydrogens (tertiary/aromatic N) is 2. The van der Waals surface area contributed by atoms with Crippen LogP contribution >= 0.6 is 11.3 Å². The molecule has 5 nitrogen and oxygen atoms in total. The zero-order valence-electron chi connectivity index (χ0n) is 16.8. The highest BCUT2D eigenvalue weighted by Crippen LogP contribution is 2.20. The molecule has 0 atom stereocenters. The van der Waals surface area contributed by atoms with Crippen molar-refractivity contribution >= 4 is 17.2 Å². The minimum atomic E-state index is 0.00686. The Balaban J connectivity index is 1.64. The fourth-order valence-electron chi connectivity index (χ4n) is 2.96. The fourth-order valence-corrected chi connectivity index (χ4v) is 3.65. The lowest BCUT2D eigenvalue weighted by Crippen LogP contribution is -2.32. The molecule has 0 fully saturated rings. The number of hydrogen-bond donors (Lipinski definition) is 0. The van der Waals surface area contributed by atoms with Crippen molar-refractivity contribution in [1.82, 2.24) is 9.88 Å². The lowest BCUT2D eigenvalue weighted by Gasteiger charge is -2.22. The molecule has 1 heterocycles. The average Bonchev–Trinajstić information content (AvgIpc) is 3.20. The average molecular weight is 411 g/mol. The van der Waals surface area contributed by atoms with Gasteiger partial charge in [0.2, 0.25) is 0 Å². The minimum absolute atomic E-state index is 0.00686. The lowest BCUT2D eigenvalue weighted by atomic mass is 10.2. The Bertz CT molecular complexity index is 911. The maximum absolute atomic E-state index is 12.9. The van der Waals surface area contributed by atoms with Gasteiger partial charge < -0.3 is 14.4 Å². The lowest BCUT2D eigenvalue weighted by molar-refractivity contribution is 0.0721. The number of rotatable bonds is 10. The number of amides is 1. The highest BCUT2D eigenvalue weighted by atomic mass is 32.1. The molecule has 29 heavy (non-hydrogen) atoms. The Morgan fingerprint density at radius 1 is 1.10 bits per heavy atom. The standard InChI is InChI=1S/C23H26N2O3S/c1-18-9-6-7-12-21(18)28-16-22-24-20(17-29-22)15-25(13-8-14-27-2)23(26)19-10-4-3-5-11-19/h3-7,9-12,17H,8,13-16H2,1-2H3. The molecule has 152 valence electrons. The second-order valence-electron chi connectivity index (χ2n) is 6.73. The molecule has 0 radical (unpaired) electrons. The van der Waals surface area contributed by atoms with Gasteiger partial charge in [-0.25, -0.2) is 4.98 Å². The van der Waals surface area contributed by atoms with Gasteiger partial charge in [0.15, 0.2) is 0 Å². The van der Waals surface area contributed by atoms with Crippen LogP contribution in [0.2, 0.25) is 0 Å².